The third-order valence-corrected chi connectivity index (χ3v) is 4.99. The van der Waals surface area contributed by atoms with Crippen LogP contribution in [0.15, 0.2) is 24.4 Å². The van der Waals surface area contributed by atoms with Gasteiger partial charge in [-0.3, -0.25) is 4.40 Å². The Hall–Kier alpha value is -1.62. The Kier molecular flexibility index (Phi) is 3.10. The van der Waals surface area contributed by atoms with Gasteiger partial charge in [0.2, 0.25) is 5.95 Å². The van der Waals surface area contributed by atoms with Crippen molar-refractivity contribution in [2.75, 3.05) is 24.6 Å². The van der Waals surface area contributed by atoms with E-state index in [0.717, 1.165) is 49.9 Å². The number of rotatable bonds is 4. The van der Waals surface area contributed by atoms with Gasteiger partial charge in [0, 0.05) is 24.7 Å². The first kappa shape index (κ1) is 13.1. The zero-order valence-electron chi connectivity index (χ0n) is 12.3. The second kappa shape index (κ2) is 4.98. The van der Waals surface area contributed by atoms with E-state index in [2.05, 4.69) is 15.1 Å². The number of nitrogens with zero attached hydrogens (tertiary/aromatic N) is 4. The highest BCUT2D eigenvalue weighted by Crippen LogP contribution is 2.44. The highest BCUT2D eigenvalue weighted by Gasteiger charge is 2.40. The summed E-state index contributed by atoms with van der Waals surface area (Å²) in [6.07, 6.45) is 8.12. The molecular formula is C16H22N4O. The minimum atomic E-state index is 0.0556. The highest BCUT2D eigenvalue weighted by molar-refractivity contribution is 5.46. The molecule has 4 rings (SSSR count). The predicted molar refractivity (Wildman–Crippen MR) is 81.3 cm³/mol. The first-order chi connectivity index (χ1) is 10.3. The van der Waals surface area contributed by atoms with Gasteiger partial charge in [-0.05, 0) is 37.3 Å². The SMILES string of the molecule is OC[C@@]1(CC2CC2)CCCN(c2nnc3ccccn23)C1. The van der Waals surface area contributed by atoms with Gasteiger partial charge in [-0.25, -0.2) is 0 Å². The van der Waals surface area contributed by atoms with Gasteiger partial charge < -0.3 is 10.0 Å². The molecule has 0 spiro atoms. The van der Waals surface area contributed by atoms with Crippen LogP contribution in [0.2, 0.25) is 0 Å². The summed E-state index contributed by atoms with van der Waals surface area (Å²) in [5.74, 6) is 1.76. The number of aliphatic hydroxyl groups excluding tert-OH is 1. The second-order valence-electron chi connectivity index (χ2n) is 6.76. The van der Waals surface area contributed by atoms with E-state index in [4.69, 9.17) is 0 Å². The molecule has 0 aromatic carbocycles. The highest BCUT2D eigenvalue weighted by atomic mass is 16.3. The molecule has 1 atom stereocenters. The fourth-order valence-electron chi connectivity index (χ4n) is 3.72. The van der Waals surface area contributed by atoms with E-state index >= 15 is 0 Å². The molecule has 5 nitrogen and oxygen atoms in total. The van der Waals surface area contributed by atoms with Gasteiger partial charge in [0.25, 0.3) is 0 Å². The van der Waals surface area contributed by atoms with Crippen LogP contribution in [0.4, 0.5) is 5.95 Å². The number of anilines is 1. The Morgan fingerprint density at radius 3 is 3.00 bits per heavy atom. The Balaban J connectivity index is 1.62. The monoisotopic (exact) mass is 286 g/mol. The minimum absolute atomic E-state index is 0.0556. The molecule has 5 heteroatoms. The third-order valence-electron chi connectivity index (χ3n) is 4.99. The van der Waals surface area contributed by atoms with Crippen LogP contribution in [0, 0.1) is 11.3 Å². The van der Waals surface area contributed by atoms with E-state index in [1.54, 1.807) is 0 Å². The van der Waals surface area contributed by atoms with Crippen LogP contribution in [0.25, 0.3) is 5.65 Å². The summed E-state index contributed by atoms with van der Waals surface area (Å²) >= 11 is 0. The van der Waals surface area contributed by atoms with E-state index in [-0.39, 0.29) is 12.0 Å². The number of hydrogen-bond acceptors (Lipinski definition) is 4. The van der Waals surface area contributed by atoms with Crippen molar-refractivity contribution in [2.45, 2.75) is 32.1 Å². The van der Waals surface area contributed by atoms with E-state index < -0.39 is 0 Å². The first-order valence-corrected chi connectivity index (χ1v) is 7.95. The van der Waals surface area contributed by atoms with Crippen LogP contribution in [-0.2, 0) is 0 Å². The second-order valence-corrected chi connectivity index (χ2v) is 6.76. The number of pyridine rings is 1. The quantitative estimate of drug-likeness (QED) is 0.935. The summed E-state index contributed by atoms with van der Waals surface area (Å²) in [6.45, 7) is 2.19. The van der Waals surface area contributed by atoms with Crippen LogP contribution in [-0.4, -0.2) is 39.4 Å². The third kappa shape index (κ3) is 2.39. The minimum Gasteiger partial charge on any atom is -0.396 e. The summed E-state index contributed by atoms with van der Waals surface area (Å²) in [7, 11) is 0. The zero-order valence-corrected chi connectivity index (χ0v) is 12.3. The summed E-state index contributed by atoms with van der Waals surface area (Å²) in [5.41, 5.74) is 0.940. The molecule has 2 aromatic rings. The molecule has 0 unspecified atom stereocenters. The lowest BCUT2D eigenvalue weighted by molar-refractivity contribution is 0.0898. The average Bonchev–Trinajstić information content (AvgIpc) is 3.23. The first-order valence-electron chi connectivity index (χ1n) is 7.95. The summed E-state index contributed by atoms with van der Waals surface area (Å²) in [6, 6.07) is 5.96. The lowest BCUT2D eigenvalue weighted by Crippen LogP contribution is -2.46. The average molecular weight is 286 g/mol. The van der Waals surface area contributed by atoms with Crippen LogP contribution in [0.5, 0.6) is 0 Å². The van der Waals surface area contributed by atoms with E-state index in [9.17, 15) is 5.11 Å². The molecule has 2 aliphatic rings. The van der Waals surface area contributed by atoms with Crippen molar-refractivity contribution in [2.24, 2.45) is 11.3 Å². The van der Waals surface area contributed by atoms with Crippen molar-refractivity contribution in [3.8, 4) is 0 Å². The van der Waals surface area contributed by atoms with Gasteiger partial charge in [0.1, 0.15) is 0 Å². The van der Waals surface area contributed by atoms with Crippen molar-refractivity contribution >= 4 is 11.6 Å². The van der Waals surface area contributed by atoms with E-state index in [1.165, 1.54) is 12.8 Å². The predicted octanol–water partition coefficient (Wildman–Crippen LogP) is 2.11. The van der Waals surface area contributed by atoms with Gasteiger partial charge in [-0.2, -0.15) is 0 Å². The fraction of sp³-hybridized carbons (Fsp3) is 0.625. The molecule has 21 heavy (non-hydrogen) atoms. The zero-order chi connectivity index (χ0) is 14.3. The molecular weight excluding hydrogens is 264 g/mol. The molecule has 1 aliphatic heterocycles. The van der Waals surface area contributed by atoms with Gasteiger partial charge >= 0.3 is 0 Å². The summed E-state index contributed by atoms with van der Waals surface area (Å²) in [5, 5.41) is 18.6. The maximum atomic E-state index is 9.98. The molecule has 1 saturated heterocycles. The fourth-order valence-corrected chi connectivity index (χ4v) is 3.72. The number of aliphatic hydroxyl groups is 1. The molecule has 112 valence electrons. The molecule has 0 bridgehead atoms. The van der Waals surface area contributed by atoms with Crippen molar-refractivity contribution in [1.29, 1.82) is 0 Å². The normalized spacial score (nSPS) is 26.4. The molecule has 1 aliphatic carbocycles. The van der Waals surface area contributed by atoms with E-state index in [1.807, 2.05) is 28.8 Å². The maximum absolute atomic E-state index is 9.98. The topological polar surface area (TPSA) is 53.7 Å². The Morgan fingerprint density at radius 1 is 1.29 bits per heavy atom. The standard InChI is InChI=1S/C16H22N4O/c21-12-16(10-13-5-6-13)7-3-8-19(11-16)15-18-17-14-4-1-2-9-20(14)15/h1-2,4,9,13,21H,3,5-8,10-12H2/t16-/m1/s1. The molecule has 2 fully saturated rings. The van der Waals surface area contributed by atoms with Crippen molar-refractivity contribution < 1.29 is 5.11 Å². The molecule has 3 heterocycles. The van der Waals surface area contributed by atoms with E-state index in [0.29, 0.717) is 0 Å². The Morgan fingerprint density at radius 2 is 2.19 bits per heavy atom. The van der Waals surface area contributed by atoms with Gasteiger partial charge in [0.05, 0.1) is 6.61 Å². The van der Waals surface area contributed by atoms with Crippen LogP contribution < -0.4 is 4.90 Å². The van der Waals surface area contributed by atoms with Crippen LogP contribution >= 0.6 is 0 Å². The van der Waals surface area contributed by atoms with Crippen LogP contribution in [0.1, 0.15) is 32.1 Å². The molecule has 2 aromatic heterocycles. The van der Waals surface area contributed by atoms with Crippen LogP contribution in [0.3, 0.4) is 0 Å². The summed E-state index contributed by atoms with van der Waals surface area (Å²) < 4.78 is 2.05. The van der Waals surface area contributed by atoms with Gasteiger partial charge in [-0.1, -0.05) is 18.9 Å². The lowest BCUT2D eigenvalue weighted by atomic mass is 9.76. The molecule has 0 amide bonds. The van der Waals surface area contributed by atoms with Crippen molar-refractivity contribution in [3.63, 3.8) is 0 Å². The molecule has 1 N–H and O–H groups in total. The van der Waals surface area contributed by atoms with Crippen molar-refractivity contribution in [3.05, 3.63) is 24.4 Å². The van der Waals surface area contributed by atoms with Gasteiger partial charge in [0.15, 0.2) is 5.65 Å². The Bertz CT molecular complexity index is 636. The number of hydrogen-bond donors (Lipinski definition) is 1. The maximum Gasteiger partial charge on any atom is 0.231 e. The Labute approximate surface area is 124 Å². The van der Waals surface area contributed by atoms with Gasteiger partial charge in [-0.15, -0.1) is 10.2 Å². The smallest absolute Gasteiger partial charge is 0.231 e. The number of fused-ring (bicyclic) bond motifs is 1. The summed E-state index contributed by atoms with van der Waals surface area (Å²) in [4.78, 5) is 2.31. The molecule has 0 radical (unpaired) electrons. The molecule has 1 saturated carbocycles. The number of aromatic nitrogens is 3. The van der Waals surface area contributed by atoms with Crippen molar-refractivity contribution in [1.82, 2.24) is 14.6 Å². The largest absolute Gasteiger partial charge is 0.396 e. The number of piperidine rings is 1. The lowest BCUT2D eigenvalue weighted by Gasteiger charge is -2.42.